The number of nitrogens with zero attached hydrogens (tertiary/aromatic N) is 5. The topological polar surface area (TPSA) is 75.4 Å². The van der Waals surface area contributed by atoms with E-state index >= 15 is 0 Å². The van der Waals surface area contributed by atoms with Gasteiger partial charge in [0.25, 0.3) is 5.91 Å². The molecule has 0 aromatic carbocycles. The highest BCUT2D eigenvalue weighted by Gasteiger charge is 2.33. The third-order valence-electron chi connectivity index (χ3n) is 5.96. The van der Waals surface area contributed by atoms with Crippen molar-refractivity contribution in [1.82, 2.24) is 24.9 Å². The first-order chi connectivity index (χ1) is 13.5. The van der Waals surface area contributed by atoms with Gasteiger partial charge in [0, 0.05) is 24.7 Å². The maximum absolute atomic E-state index is 14.1. The highest BCUT2D eigenvalue weighted by Crippen LogP contribution is 2.39. The van der Waals surface area contributed by atoms with E-state index in [2.05, 4.69) is 20.3 Å². The van der Waals surface area contributed by atoms with Crippen molar-refractivity contribution >= 4 is 17.4 Å². The molecule has 28 heavy (non-hydrogen) atoms. The molecule has 3 aromatic rings. The van der Waals surface area contributed by atoms with Crippen molar-refractivity contribution in [3.05, 3.63) is 53.4 Å². The smallest absolute Gasteiger partial charge is 0.256 e. The van der Waals surface area contributed by atoms with Crippen molar-refractivity contribution in [2.45, 2.75) is 44.7 Å². The van der Waals surface area contributed by atoms with E-state index in [9.17, 15) is 9.18 Å². The van der Waals surface area contributed by atoms with Gasteiger partial charge in [0.2, 0.25) is 0 Å². The minimum atomic E-state index is -0.344. The quantitative estimate of drug-likeness (QED) is 0.649. The van der Waals surface area contributed by atoms with Gasteiger partial charge in [0.1, 0.15) is 17.2 Å². The van der Waals surface area contributed by atoms with Crippen LogP contribution >= 0.6 is 0 Å². The van der Waals surface area contributed by atoms with Crippen LogP contribution in [0, 0.1) is 5.82 Å². The Hall–Kier alpha value is -3.03. The summed E-state index contributed by atoms with van der Waals surface area (Å²) >= 11 is 0. The van der Waals surface area contributed by atoms with Crippen molar-refractivity contribution in [3.8, 4) is 0 Å². The van der Waals surface area contributed by atoms with Gasteiger partial charge in [-0.2, -0.15) is 5.10 Å². The van der Waals surface area contributed by atoms with E-state index in [1.54, 1.807) is 16.8 Å². The minimum Gasteiger partial charge on any atom is -0.349 e. The summed E-state index contributed by atoms with van der Waals surface area (Å²) in [6.45, 7) is 4.79. The molecule has 1 saturated heterocycles. The average Bonchev–Trinajstić information content (AvgIpc) is 3.33. The maximum Gasteiger partial charge on any atom is 0.256 e. The van der Waals surface area contributed by atoms with E-state index in [0.29, 0.717) is 11.2 Å². The fraction of sp³-hybridized carbons (Fsp3) is 0.400. The predicted molar refractivity (Wildman–Crippen MR) is 102 cm³/mol. The van der Waals surface area contributed by atoms with Crippen LogP contribution < -0.4 is 10.2 Å². The van der Waals surface area contributed by atoms with Crippen LogP contribution in [0.4, 0.5) is 10.2 Å². The second-order valence-corrected chi connectivity index (χ2v) is 7.64. The fourth-order valence-corrected chi connectivity index (χ4v) is 4.30. The van der Waals surface area contributed by atoms with Crippen LogP contribution in [0.1, 0.15) is 60.3 Å². The average molecular weight is 380 g/mol. The van der Waals surface area contributed by atoms with Crippen LogP contribution in [0.2, 0.25) is 0 Å². The number of pyridine rings is 1. The molecule has 0 spiro atoms. The molecule has 2 aliphatic heterocycles. The molecular weight excluding hydrogens is 359 g/mol. The first-order valence-corrected chi connectivity index (χ1v) is 9.60. The van der Waals surface area contributed by atoms with Gasteiger partial charge in [0.15, 0.2) is 5.65 Å². The monoisotopic (exact) mass is 380 g/mol. The van der Waals surface area contributed by atoms with Crippen molar-refractivity contribution in [1.29, 1.82) is 0 Å². The Balaban J connectivity index is 1.75. The van der Waals surface area contributed by atoms with Crippen molar-refractivity contribution < 1.29 is 9.18 Å². The number of nitrogens with one attached hydrogen (secondary N) is 1. The SMILES string of the molecule is CC1c2ncc(F)cc2[C@H]2CCCN2c2ccn3ncc(c3n2)C(=O)N[C@@H]1C. The Kier molecular flexibility index (Phi) is 3.82. The van der Waals surface area contributed by atoms with E-state index in [0.717, 1.165) is 36.5 Å². The summed E-state index contributed by atoms with van der Waals surface area (Å²) in [6.07, 6.45) is 6.51. The van der Waals surface area contributed by atoms with Crippen LogP contribution in [-0.4, -0.2) is 38.1 Å². The molecule has 144 valence electrons. The molecule has 2 aliphatic rings. The molecule has 1 fully saturated rings. The normalized spacial score (nSPS) is 24.5. The van der Waals surface area contributed by atoms with Crippen molar-refractivity contribution in [3.63, 3.8) is 0 Å². The molecule has 2 bridgehead atoms. The van der Waals surface area contributed by atoms with E-state index < -0.39 is 0 Å². The Morgan fingerprint density at radius 3 is 3.00 bits per heavy atom. The van der Waals surface area contributed by atoms with Gasteiger partial charge in [-0.1, -0.05) is 6.92 Å². The molecule has 7 nitrogen and oxygen atoms in total. The summed E-state index contributed by atoms with van der Waals surface area (Å²) in [6, 6.07) is 3.30. The van der Waals surface area contributed by atoms with Gasteiger partial charge < -0.3 is 10.2 Å². The molecule has 3 aromatic heterocycles. The van der Waals surface area contributed by atoms with E-state index in [1.165, 1.54) is 6.20 Å². The van der Waals surface area contributed by atoms with Gasteiger partial charge in [0.05, 0.1) is 24.1 Å². The number of fused-ring (bicyclic) bond motifs is 5. The molecule has 8 heteroatoms. The summed E-state index contributed by atoms with van der Waals surface area (Å²) in [7, 11) is 0. The molecule has 0 radical (unpaired) electrons. The lowest BCUT2D eigenvalue weighted by Crippen LogP contribution is -2.37. The Morgan fingerprint density at radius 1 is 1.29 bits per heavy atom. The lowest BCUT2D eigenvalue weighted by molar-refractivity contribution is 0.0936. The summed E-state index contributed by atoms with van der Waals surface area (Å²) in [5.74, 6) is 0.129. The van der Waals surface area contributed by atoms with Crippen LogP contribution in [0.3, 0.4) is 0 Å². The molecular formula is C20H21FN6O. The highest BCUT2D eigenvalue weighted by molar-refractivity contribution is 6.00. The number of rotatable bonds is 0. The summed E-state index contributed by atoms with van der Waals surface area (Å²) < 4.78 is 15.7. The van der Waals surface area contributed by atoms with Gasteiger partial charge >= 0.3 is 0 Å². The second-order valence-electron chi connectivity index (χ2n) is 7.64. The Bertz CT molecular complexity index is 1080. The largest absolute Gasteiger partial charge is 0.349 e. The lowest BCUT2D eigenvalue weighted by atomic mass is 9.91. The van der Waals surface area contributed by atoms with Crippen molar-refractivity contribution in [2.24, 2.45) is 0 Å². The fourth-order valence-electron chi connectivity index (χ4n) is 4.30. The second kappa shape index (κ2) is 6.25. The Morgan fingerprint density at radius 2 is 2.14 bits per heavy atom. The van der Waals surface area contributed by atoms with Crippen LogP contribution in [0.15, 0.2) is 30.7 Å². The number of amides is 1. The summed E-state index contributed by atoms with van der Waals surface area (Å²) in [5.41, 5.74) is 2.67. The number of halogens is 1. The lowest BCUT2D eigenvalue weighted by Gasteiger charge is -2.30. The maximum atomic E-state index is 14.1. The first-order valence-electron chi connectivity index (χ1n) is 9.60. The zero-order valence-corrected chi connectivity index (χ0v) is 15.8. The van der Waals surface area contributed by atoms with Gasteiger partial charge in [-0.05, 0) is 37.5 Å². The summed E-state index contributed by atoms with van der Waals surface area (Å²) in [5, 5.41) is 7.30. The van der Waals surface area contributed by atoms with Crippen LogP contribution in [0.5, 0.6) is 0 Å². The van der Waals surface area contributed by atoms with E-state index in [4.69, 9.17) is 4.98 Å². The van der Waals surface area contributed by atoms with Crippen LogP contribution in [0.25, 0.3) is 5.65 Å². The minimum absolute atomic E-state index is 0.00398. The highest BCUT2D eigenvalue weighted by atomic mass is 19.1. The molecule has 5 heterocycles. The molecule has 1 N–H and O–H groups in total. The van der Waals surface area contributed by atoms with Crippen LogP contribution in [-0.2, 0) is 0 Å². The summed E-state index contributed by atoms with van der Waals surface area (Å²) in [4.78, 5) is 24.2. The first kappa shape index (κ1) is 17.1. The number of aromatic nitrogens is 4. The third-order valence-corrected chi connectivity index (χ3v) is 5.96. The number of hydrogen-bond acceptors (Lipinski definition) is 5. The molecule has 1 unspecified atom stereocenters. The molecule has 3 atom stereocenters. The predicted octanol–water partition coefficient (Wildman–Crippen LogP) is 2.84. The number of hydrogen-bond donors (Lipinski definition) is 1. The zero-order chi connectivity index (χ0) is 19.4. The number of carbonyl (C=O) groups is 1. The Labute approximate surface area is 161 Å². The van der Waals surface area contributed by atoms with Crippen molar-refractivity contribution in [2.75, 3.05) is 11.4 Å². The molecule has 0 aliphatic carbocycles. The van der Waals surface area contributed by atoms with E-state index in [-0.39, 0.29) is 29.7 Å². The molecule has 5 rings (SSSR count). The van der Waals surface area contributed by atoms with E-state index in [1.807, 2.05) is 26.1 Å². The zero-order valence-electron chi connectivity index (χ0n) is 15.8. The number of anilines is 1. The number of carbonyl (C=O) groups excluding carboxylic acids is 1. The molecule has 0 saturated carbocycles. The van der Waals surface area contributed by atoms with Gasteiger partial charge in [-0.15, -0.1) is 0 Å². The third kappa shape index (κ3) is 2.55. The standard InChI is InChI=1S/C20H21FN6O/c1-11-12(2)24-20(28)15-10-23-27-7-5-17(25-19(15)27)26-6-3-4-16(26)14-8-13(21)9-22-18(11)14/h5,7-12,16H,3-4,6H2,1-2H3,(H,24,28)/t11?,12-,16-/m1/s1. The van der Waals surface area contributed by atoms with Gasteiger partial charge in [-0.3, -0.25) is 9.78 Å². The van der Waals surface area contributed by atoms with Gasteiger partial charge in [-0.25, -0.2) is 13.9 Å². The molecule has 1 amide bonds.